The topological polar surface area (TPSA) is 35.2 Å². The average Bonchev–Trinajstić information content (AvgIpc) is 2.43. The Labute approximate surface area is 137 Å². The molecule has 3 heteroatoms. The van der Waals surface area contributed by atoms with Crippen molar-refractivity contribution in [2.75, 3.05) is 6.61 Å². The lowest BCUT2D eigenvalue weighted by molar-refractivity contribution is 0.0526. The zero-order valence-corrected chi connectivity index (χ0v) is 15.3. The largest absolute Gasteiger partial charge is 0.364 e. The molecule has 0 aromatic carbocycles. The Bertz CT molecular complexity index is 197. The predicted octanol–water partition coefficient (Wildman–Crippen LogP) is 5.75. The van der Waals surface area contributed by atoms with Crippen LogP contribution in [0.3, 0.4) is 0 Å². The Morgan fingerprint density at radius 3 is 2.00 bits per heavy atom. The molecule has 0 aliphatic rings. The van der Waals surface area contributed by atoms with E-state index in [0.29, 0.717) is 0 Å². The van der Waals surface area contributed by atoms with Gasteiger partial charge in [0.15, 0.2) is 0 Å². The first-order valence-electron chi connectivity index (χ1n) is 8.33. The first-order chi connectivity index (χ1) is 9.31. The summed E-state index contributed by atoms with van der Waals surface area (Å²) in [6.45, 7) is 5.13. The Kier molecular flexibility index (Phi) is 21.5. The van der Waals surface area contributed by atoms with Gasteiger partial charge in [-0.2, -0.15) is 0 Å². The van der Waals surface area contributed by atoms with Gasteiger partial charge in [-0.05, 0) is 32.1 Å². The highest BCUT2D eigenvalue weighted by Crippen LogP contribution is 2.08. The Morgan fingerprint density at radius 1 is 0.850 bits per heavy atom. The smallest absolute Gasteiger partial charge is 0.105 e. The molecule has 0 saturated heterocycles. The minimum Gasteiger partial charge on any atom is -0.364 e. The second-order valence-corrected chi connectivity index (χ2v) is 5.34. The van der Waals surface area contributed by atoms with E-state index in [-0.39, 0.29) is 23.2 Å². The van der Waals surface area contributed by atoms with Gasteiger partial charge in [-0.15, -0.1) is 17.0 Å². The molecule has 0 radical (unpaired) electrons. The molecule has 0 bridgehead atoms. The van der Waals surface area contributed by atoms with Crippen LogP contribution in [0.15, 0.2) is 12.2 Å². The highest BCUT2D eigenvalue weighted by Gasteiger charge is 1.97. The Morgan fingerprint density at radius 2 is 1.40 bits per heavy atom. The summed E-state index contributed by atoms with van der Waals surface area (Å²) in [6, 6.07) is 0. The number of halogens is 1. The maximum absolute atomic E-state index is 5.68. The molecular formula is C17H36BrNO. The van der Waals surface area contributed by atoms with Crippen molar-refractivity contribution in [2.24, 2.45) is 5.73 Å². The molecular weight excluding hydrogens is 314 g/mol. The molecule has 1 unspecified atom stereocenters. The molecule has 0 aliphatic carbocycles. The molecule has 2 N–H and O–H groups in total. The van der Waals surface area contributed by atoms with E-state index in [4.69, 9.17) is 10.5 Å². The number of nitrogens with two attached hydrogens (primary N) is 1. The van der Waals surface area contributed by atoms with Crippen LogP contribution in [0.4, 0.5) is 0 Å². The predicted molar refractivity (Wildman–Crippen MR) is 95.5 cm³/mol. The third-order valence-electron chi connectivity index (χ3n) is 3.39. The van der Waals surface area contributed by atoms with Crippen molar-refractivity contribution in [1.82, 2.24) is 0 Å². The van der Waals surface area contributed by atoms with Gasteiger partial charge in [0, 0.05) is 6.61 Å². The van der Waals surface area contributed by atoms with Gasteiger partial charge < -0.3 is 10.5 Å². The summed E-state index contributed by atoms with van der Waals surface area (Å²) in [5.74, 6) is 0. The van der Waals surface area contributed by atoms with E-state index in [1.807, 2.05) is 0 Å². The molecule has 0 aromatic heterocycles. The summed E-state index contributed by atoms with van der Waals surface area (Å²) in [4.78, 5) is 0. The molecule has 122 valence electrons. The summed E-state index contributed by atoms with van der Waals surface area (Å²) in [6.07, 6.45) is 18.6. The van der Waals surface area contributed by atoms with Crippen molar-refractivity contribution in [3.63, 3.8) is 0 Å². The summed E-state index contributed by atoms with van der Waals surface area (Å²) in [5.41, 5.74) is 5.68. The number of allylic oxidation sites excluding steroid dienone is 2. The van der Waals surface area contributed by atoms with E-state index < -0.39 is 0 Å². The van der Waals surface area contributed by atoms with Crippen LogP contribution in [0, 0.1) is 0 Å². The fourth-order valence-corrected chi connectivity index (χ4v) is 1.98. The van der Waals surface area contributed by atoms with Crippen LogP contribution in [0.25, 0.3) is 0 Å². The lowest BCUT2D eigenvalue weighted by Crippen LogP contribution is -2.22. The van der Waals surface area contributed by atoms with Crippen molar-refractivity contribution < 1.29 is 4.74 Å². The standard InChI is InChI=1S/C17H35NO.BrH/c1-3-5-6-7-8-9-10-11-12-13-14-15-16-19-17(18)4-2;/h7-8,17H,3-6,9-16,18H2,1-2H3;1H/b8-7+;. The van der Waals surface area contributed by atoms with Crippen LogP contribution in [0.2, 0.25) is 0 Å². The zero-order valence-electron chi connectivity index (χ0n) is 13.6. The van der Waals surface area contributed by atoms with E-state index in [1.54, 1.807) is 0 Å². The van der Waals surface area contributed by atoms with Gasteiger partial charge in [-0.3, -0.25) is 0 Å². The Balaban J connectivity index is 0. The molecule has 0 rings (SSSR count). The summed E-state index contributed by atoms with van der Waals surface area (Å²) in [7, 11) is 0. The fraction of sp³-hybridized carbons (Fsp3) is 0.882. The van der Waals surface area contributed by atoms with Crippen molar-refractivity contribution in [2.45, 2.75) is 90.7 Å². The molecule has 0 spiro atoms. The third-order valence-corrected chi connectivity index (χ3v) is 3.39. The molecule has 2 nitrogen and oxygen atoms in total. The molecule has 0 fully saturated rings. The number of hydrogen-bond acceptors (Lipinski definition) is 2. The van der Waals surface area contributed by atoms with Gasteiger partial charge in [-0.1, -0.05) is 64.5 Å². The van der Waals surface area contributed by atoms with Gasteiger partial charge in [0.1, 0.15) is 6.23 Å². The number of rotatable bonds is 14. The normalized spacial score (nSPS) is 12.6. The first kappa shape index (κ1) is 22.4. The fourth-order valence-electron chi connectivity index (χ4n) is 1.98. The van der Waals surface area contributed by atoms with Crippen molar-refractivity contribution in [1.29, 1.82) is 0 Å². The van der Waals surface area contributed by atoms with Crippen molar-refractivity contribution >= 4 is 17.0 Å². The summed E-state index contributed by atoms with van der Waals surface area (Å²) < 4.78 is 5.45. The minimum absolute atomic E-state index is 0. The molecule has 0 heterocycles. The highest BCUT2D eigenvalue weighted by molar-refractivity contribution is 8.93. The molecule has 0 amide bonds. The molecule has 1 atom stereocenters. The van der Waals surface area contributed by atoms with Gasteiger partial charge >= 0.3 is 0 Å². The molecule has 20 heavy (non-hydrogen) atoms. The monoisotopic (exact) mass is 349 g/mol. The van der Waals surface area contributed by atoms with Crippen LogP contribution in [0.1, 0.15) is 84.5 Å². The SMILES string of the molecule is Br.CCCC/C=C/CCCCCCCCOC(N)CC. The van der Waals surface area contributed by atoms with Crippen molar-refractivity contribution in [3.05, 3.63) is 12.2 Å². The number of unbranched alkanes of at least 4 members (excludes halogenated alkanes) is 8. The van der Waals surface area contributed by atoms with Gasteiger partial charge in [0.2, 0.25) is 0 Å². The van der Waals surface area contributed by atoms with Gasteiger partial charge in [-0.25, -0.2) is 0 Å². The number of ether oxygens (including phenoxy) is 1. The first-order valence-corrected chi connectivity index (χ1v) is 8.33. The lowest BCUT2D eigenvalue weighted by Gasteiger charge is -2.09. The summed E-state index contributed by atoms with van der Waals surface area (Å²) in [5, 5.41) is 0. The van der Waals surface area contributed by atoms with E-state index >= 15 is 0 Å². The second-order valence-electron chi connectivity index (χ2n) is 5.34. The summed E-state index contributed by atoms with van der Waals surface area (Å²) >= 11 is 0. The van der Waals surface area contributed by atoms with Crippen LogP contribution in [-0.4, -0.2) is 12.8 Å². The van der Waals surface area contributed by atoms with Crippen LogP contribution in [0.5, 0.6) is 0 Å². The highest BCUT2D eigenvalue weighted by atomic mass is 79.9. The quantitative estimate of drug-likeness (QED) is 0.246. The van der Waals surface area contributed by atoms with Gasteiger partial charge in [0.25, 0.3) is 0 Å². The van der Waals surface area contributed by atoms with E-state index in [0.717, 1.165) is 19.4 Å². The second kappa shape index (κ2) is 19.1. The third kappa shape index (κ3) is 18.1. The average molecular weight is 350 g/mol. The van der Waals surface area contributed by atoms with E-state index in [9.17, 15) is 0 Å². The van der Waals surface area contributed by atoms with Crippen LogP contribution < -0.4 is 5.73 Å². The molecule has 0 aromatic rings. The number of hydrogen-bond donors (Lipinski definition) is 1. The molecule has 0 aliphatic heterocycles. The van der Waals surface area contributed by atoms with E-state index in [2.05, 4.69) is 26.0 Å². The van der Waals surface area contributed by atoms with Crippen LogP contribution in [-0.2, 0) is 4.74 Å². The van der Waals surface area contributed by atoms with Gasteiger partial charge in [0.05, 0.1) is 0 Å². The van der Waals surface area contributed by atoms with Crippen LogP contribution >= 0.6 is 17.0 Å². The maximum Gasteiger partial charge on any atom is 0.105 e. The Hall–Kier alpha value is 0.140. The van der Waals surface area contributed by atoms with Crippen molar-refractivity contribution in [3.8, 4) is 0 Å². The zero-order chi connectivity index (χ0) is 14.2. The lowest BCUT2D eigenvalue weighted by atomic mass is 10.1. The molecule has 0 saturated carbocycles. The minimum atomic E-state index is -0.0560. The van der Waals surface area contributed by atoms with E-state index in [1.165, 1.54) is 57.8 Å². The maximum atomic E-state index is 5.68.